The van der Waals surface area contributed by atoms with Gasteiger partial charge in [-0.05, 0) is 106 Å². The molecule has 2 aromatic carbocycles. The fraction of sp³-hybridized carbons (Fsp3) is 0.381. The van der Waals surface area contributed by atoms with Crippen molar-refractivity contribution in [3.63, 3.8) is 0 Å². The monoisotopic (exact) mass is 466 g/mol. The quantitative estimate of drug-likeness (QED) is 0.440. The molecule has 1 amide bonds. The van der Waals surface area contributed by atoms with E-state index in [0.29, 0.717) is 17.6 Å². The molecule has 1 N–H and O–H groups in total. The van der Waals surface area contributed by atoms with Gasteiger partial charge in [0.05, 0.1) is 0 Å². The van der Waals surface area contributed by atoms with E-state index in [1.807, 2.05) is 48.5 Å². The number of hydrogen-bond acceptors (Lipinski definition) is 3. The van der Waals surface area contributed by atoms with Gasteiger partial charge in [0.1, 0.15) is 12.0 Å². The van der Waals surface area contributed by atoms with Crippen molar-refractivity contribution in [1.82, 2.24) is 4.90 Å². The number of rotatable bonds is 7. The van der Waals surface area contributed by atoms with Crippen molar-refractivity contribution in [2.24, 2.45) is 0 Å². The molecule has 140 valence electrons. The lowest BCUT2D eigenvalue weighted by Crippen LogP contribution is -2.46. The Kier molecular flexibility index (Phi) is 7.46. The first-order chi connectivity index (χ1) is 12.3. The van der Waals surface area contributed by atoms with E-state index in [1.54, 1.807) is 0 Å². The van der Waals surface area contributed by atoms with Crippen LogP contribution in [0.1, 0.15) is 45.0 Å². The Morgan fingerprint density at radius 3 is 1.96 bits per heavy atom. The van der Waals surface area contributed by atoms with Crippen LogP contribution in [0.5, 0.6) is 5.75 Å². The molecule has 0 aliphatic heterocycles. The van der Waals surface area contributed by atoms with Crippen LogP contribution in [0.2, 0.25) is 0 Å². The SMILES string of the molecule is CC(C)N(C(C)C)C(C)Oc1ccc(NC(=O)c2ccc(I)cc2)cc1. The summed E-state index contributed by atoms with van der Waals surface area (Å²) >= 11 is 2.22. The fourth-order valence-electron chi connectivity index (χ4n) is 3.12. The lowest BCUT2D eigenvalue weighted by molar-refractivity contribution is -0.00560. The first kappa shape index (κ1) is 20.7. The summed E-state index contributed by atoms with van der Waals surface area (Å²) < 4.78 is 7.17. The van der Waals surface area contributed by atoms with Crippen molar-refractivity contribution in [3.05, 3.63) is 57.7 Å². The predicted octanol–water partition coefficient (Wildman–Crippen LogP) is 5.39. The Morgan fingerprint density at radius 2 is 1.46 bits per heavy atom. The number of anilines is 1. The van der Waals surface area contributed by atoms with E-state index in [1.165, 1.54) is 0 Å². The Balaban J connectivity index is 1.99. The largest absolute Gasteiger partial charge is 0.475 e. The number of carbonyl (C=O) groups is 1. The van der Waals surface area contributed by atoms with Crippen molar-refractivity contribution in [2.45, 2.75) is 52.9 Å². The van der Waals surface area contributed by atoms with E-state index in [-0.39, 0.29) is 12.1 Å². The maximum atomic E-state index is 12.3. The highest BCUT2D eigenvalue weighted by atomic mass is 127. The molecule has 5 heteroatoms. The first-order valence-corrected chi connectivity index (χ1v) is 9.97. The van der Waals surface area contributed by atoms with E-state index in [9.17, 15) is 4.79 Å². The minimum absolute atomic E-state index is 0.0257. The van der Waals surface area contributed by atoms with Gasteiger partial charge in [-0.15, -0.1) is 0 Å². The van der Waals surface area contributed by atoms with Gasteiger partial charge in [0.25, 0.3) is 5.91 Å². The van der Waals surface area contributed by atoms with Gasteiger partial charge in [-0.2, -0.15) is 0 Å². The van der Waals surface area contributed by atoms with Gasteiger partial charge in [-0.3, -0.25) is 9.69 Å². The Morgan fingerprint density at radius 1 is 0.923 bits per heavy atom. The zero-order chi connectivity index (χ0) is 19.3. The van der Waals surface area contributed by atoms with Gasteiger partial charge < -0.3 is 10.1 Å². The van der Waals surface area contributed by atoms with E-state index >= 15 is 0 Å². The molecule has 0 heterocycles. The van der Waals surface area contributed by atoms with Crippen LogP contribution in [0.15, 0.2) is 48.5 Å². The number of amides is 1. The summed E-state index contributed by atoms with van der Waals surface area (Å²) in [5, 5.41) is 2.91. The summed E-state index contributed by atoms with van der Waals surface area (Å²) in [4.78, 5) is 14.6. The molecule has 0 bridgehead atoms. The smallest absolute Gasteiger partial charge is 0.255 e. The lowest BCUT2D eigenvalue weighted by Gasteiger charge is -2.36. The summed E-state index contributed by atoms with van der Waals surface area (Å²) in [5.41, 5.74) is 1.39. The standard InChI is InChI=1S/C21H27IN2O2/c1-14(2)24(15(3)4)16(5)26-20-12-10-19(11-13-20)23-21(25)17-6-8-18(22)9-7-17/h6-16H,1-5H3,(H,23,25). The van der Waals surface area contributed by atoms with Crippen molar-refractivity contribution < 1.29 is 9.53 Å². The molecule has 1 atom stereocenters. The minimum atomic E-state index is -0.116. The number of hydrogen-bond donors (Lipinski definition) is 1. The van der Waals surface area contributed by atoms with Crippen molar-refractivity contribution >= 4 is 34.2 Å². The van der Waals surface area contributed by atoms with E-state index < -0.39 is 0 Å². The number of nitrogens with one attached hydrogen (secondary N) is 1. The summed E-state index contributed by atoms with van der Waals surface area (Å²) in [5.74, 6) is 0.672. The maximum Gasteiger partial charge on any atom is 0.255 e. The van der Waals surface area contributed by atoms with Gasteiger partial charge in [-0.1, -0.05) is 0 Å². The fourth-order valence-corrected chi connectivity index (χ4v) is 3.47. The second-order valence-corrected chi connectivity index (χ2v) is 8.08. The topological polar surface area (TPSA) is 41.6 Å². The van der Waals surface area contributed by atoms with Crippen molar-refractivity contribution in [2.75, 3.05) is 5.32 Å². The van der Waals surface area contributed by atoms with Crippen LogP contribution in [-0.2, 0) is 0 Å². The molecule has 0 fully saturated rings. The van der Waals surface area contributed by atoms with Gasteiger partial charge in [0.2, 0.25) is 0 Å². The molecule has 0 spiro atoms. The summed E-state index contributed by atoms with van der Waals surface area (Å²) in [6.07, 6.45) is -0.0257. The lowest BCUT2D eigenvalue weighted by atomic mass is 10.2. The third kappa shape index (κ3) is 5.71. The second-order valence-electron chi connectivity index (χ2n) is 6.84. The van der Waals surface area contributed by atoms with Crippen LogP contribution in [0.25, 0.3) is 0 Å². The Bertz CT molecular complexity index is 704. The van der Waals surface area contributed by atoms with Crippen LogP contribution < -0.4 is 10.1 Å². The van der Waals surface area contributed by atoms with E-state index in [4.69, 9.17) is 4.74 Å². The molecule has 26 heavy (non-hydrogen) atoms. The Hall–Kier alpha value is -1.60. The maximum absolute atomic E-state index is 12.3. The average Bonchev–Trinajstić information content (AvgIpc) is 2.56. The van der Waals surface area contributed by atoms with Crippen LogP contribution >= 0.6 is 22.6 Å². The molecule has 4 nitrogen and oxygen atoms in total. The molecule has 0 saturated heterocycles. The summed E-state index contributed by atoms with van der Waals surface area (Å²) in [6.45, 7) is 10.7. The predicted molar refractivity (Wildman–Crippen MR) is 116 cm³/mol. The minimum Gasteiger partial charge on any atom is -0.475 e. The number of ether oxygens (including phenoxy) is 1. The number of nitrogens with zero attached hydrogens (tertiary/aromatic N) is 1. The molecule has 0 aliphatic rings. The number of benzene rings is 2. The second kappa shape index (κ2) is 9.37. The molecule has 0 saturated carbocycles. The molecule has 2 aromatic rings. The van der Waals surface area contributed by atoms with Crippen LogP contribution in [0.4, 0.5) is 5.69 Å². The van der Waals surface area contributed by atoms with Crippen molar-refractivity contribution in [3.8, 4) is 5.75 Å². The molecule has 2 rings (SSSR count). The normalized spacial score (nSPS) is 12.5. The number of carbonyl (C=O) groups excluding carboxylic acids is 1. The van der Waals surface area contributed by atoms with Crippen molar-refractivity contribution in [1.29, 1.82) is 0 Å². The highest BCUT2D eigenvalue weighted by Crippen LogP contribution is 2.20. The number of halogens is 1. The van der Waals surface area contributed by atoms with Gasteiger partial charge in [0.15, 0.2) is 0 Å². The molecular formula is C21H27IN2O2. The highest BCUT2D eigenvalue weighted by Gasteiger charge is 2.21. The van der Waals surface area contributed by atoms with E-state index in [2.05, 4.69) is 67.4 Å². The van der Waals surface area contributed by atoms with Gasteiger partial charge in [-0.25, -0.2) is 0 Å². The highest BCUT2D eigenvalue weighted by molar-refractivity contribution is 14.1. The zero-order valence-electron chi connectivity index (χ0n) is 16.0. The molecule has 1 unspecified atom stereocenters. The van der Waals surface area contributed by atoms with E-state index in [0.717, 1.165) is 15.0 Å². The third-order valence-electron chi connectivity index (χ3n) is 4.14. The summed E-state index contributed by atoms with van der Waals surface area (Å²) in [6, 6.07) is 15.8. The average molecular weight is 466 g/mol. The first-order valence-electron chi connectivity index (χ1n) is 8.89. The molecule has 0 aromatic heterocycles. The molecule has 0 aliphatic carbocycles. The summed E-state index contributed by atoms with van der Waals surface area (Å²) in [7, 11) is 0. The van der Waals surface area contributed by atoms with Gasteiger partial charge >= 0.3 is 0 Å². The van der Waals surface area contributed by atoms with Crippen LogP contribution in [0.3, 0.4) is 0 Å². The van der Waals surface area contributed by atoms with Gasteiger partial charge in [0, 0.05) is 26.9 Å². The molecular weight excluding hydrogens is 439 g/mol. The third-order valence-corrected chi connectivity index (χ3v) is 4.86. The molecule has 0 radical (unpaired) electrons. The Labute approximate surface area is 170 Å². The zero-order valence-corrected chi connectivity index (χ0v) is 18.2. The van der Waals surface area contributed by atoms with Crippen LogP contribution in [-0.4, -0.2) is 29.1 Å². The van der Waals surface area contributed by atoms with Crippen LogP contribution in [0, 0.1) is 3.57 Å².